The van der Waals surface area contributed by atoms with Gasteiger partial charge in [-0.15, -0.1) is 0 Å². The van der Waals surface area contributed by atoms with E-state index in [-0.39, 0.29) is 29.2 Å². The van der Waals surface area contributed by atoms with Crippen molar-refractivity contribution in [2.45, 2.75) is 39.2 Å². The number of nitro groups is 1. The van der Waals surface area contributed by atoms with Gasteiger partial charge in [-0.05, 0) is 41.7 Å². The Bertz CT molecular complexity index is 1700. The number of carbonyl (C=O) groups excluding carboxylic acids is 2. The molecule has 0 spiro atoms. The SMILES string of the molecule is CC1(C)CC(=O)C2=C(C1)Nc1ccccc1N(C(=O)Cc1ccccc1)C2c1ccc(-c2cccc([N+](=O)[O-])c2)o1. The van der Waals surface area contributed by atoms with E-state index in [1.165, 1.54) is 12.1 Å². The van der Waals surface area contributed by atoms with Gasteiger partial charge in [0.2, 0.25) is 5.91 Å². The number of allylic oxidation sites excluding steroid dienone is 1. The highest BCUT2D eigenvalue weighted by atomic mass is 16.6. The molecule has 41 heavy (non-hydrogen) atoms. The summed E-state index contributed by atoms with van der Waals surface area (Å²) in [6.07, 6.45) is 1.09. The molecule has 2 aliphatic rings. The maximum Gasteiger partial charge on any atom is 0.270 e. The lowest BCUT2D eigenvalue weighted by molar-refractivity contribution is -0.384. The van der Waals surface area contributed by atoms with Crippen LogP contribution in [0.4, 0.5) is 17.1 Å². The highest BCUT2D eigenvalue weighted by molar-refractivity contribution is 6.06. The van der Waals surface area contributed by atoms with Gasteiger partial charge in [0.25, 0.3) is 5.69 Å². The van der Waals surface area contributed by atoms with Crippen LogP contribution in [-0.2, 0) is 16.0 Å². The molecule has 0 radical (unpaired) electrons. The summed E-state index contributed by atoms with van der Waals surface area (Å²) in [4.78, 5) is 40.7. The monoisotopic (exact) mass is 547 g/mol. The van der Waals surface area contributed by atoms with Gasteiger partial charge in [0.05, 0.1) is 22.7 Å². The number of carbonyl (C=O) groups is 2. The van der Waals surface area contributed by atoms with Gasteiger partial charge >= 0.3 is 0 Å². The highest BCUT2D eigenvalue weighted by Gasteiger charge is 2.44. The van der Waals surface area contributed by atoms with Gasteiger partial charge in [-0.25, -0.2) is 0 Å². The van der Waals surface area contributed by atoms with Gasteiger partial charge in [0.1, 0.15) is 17.6 Å². The van der Waals surface area contributed by atoms with Crippen LogP contribution in [0.1, 0.15) is 44.1 Å². The molecule has 0 saturated heterocycles. The van der Waals surface area contributed by atoms with Crippen molar-refractivity contribution in [2.24, 2.45) is 5.41 Å². The number of anilines is 2. The molecule has 8 heteroatoms. The van der Waals surface area contributed by atoms with E-state index >= 15 is 0 Å². The third-order valence-electron chi connectivity index (χ3n) is 7.61. The van der Waals surface area contributed by atoms with Crippen LogP contribution in [0.5, 0.6) is 0 Å². The number of ketones is 1. The molecule has 6 rings (SSSR count). The lowest BCUT2D eigenvalue weighted by Crippen LogP contribution is -2.40. The number of fused-ring (bicyclic) bond motifs is 1. The zero-order valence-electron chi connectivity index (χ0n) is 22.8. The van der Waals surface area contributed by atoms with E-state index in [9.17, 15) is 19.7 Å². The third kappa shape index (κ3) is 5.04. The molecule has 3 aromatic carbocycles. The summed E-state index contributed by atoms with van der Waals surface area (Å²) >= 11 is 0. The van der Waals surface area contributed by atoms with Crippen molar-refractivity contribution in [3.05, 3.63) is 124 Å². The van der Waals surface area contributed by atoms with Crippen LogP contribution in [-0.4, -0.2) is 16.6 Å². The summed E-state index contributed by atoms with van der Waals surface area (Å²) in [7, 11) is 0. The first-order valence-corrected chi connectivity index (χ1v) is 13.5. The van der Waals surface area contributed by atoms with Gasteiger partial charge in [0.15, 0.2) is 5.78 Å². The van der Waals surface area contributed by atoms with Crippen molar-refractivity contribution in [3.63, 3.8) is 0 Å². The normalized spacial score (nSPS) is 17.8. The summed E-state index contributed by atoms with van der Waals surface area (Å²) < 4.78 is 6.36. The topological polar surface area (TPSA) is 106 Å². The first-order valence-electron chi connectivity index (χ1n) is 13.5. The van der Waals surface area contributed by atoms with E-state index in [0.717, 1.165) is 16.9 Å². The van der Waals surface area contributed by atoms with Gasteiger partial charge < -0.3 is 9.73 Å². The number of non-ortho nitro benzene ring substituents is 1. The summed E-state index contributed by atoms with van der Waals surface area (Å²) in [6, 6.07) is 25.9. The van der Waals surface area contributed by atoms with E-state index in [0.29, 0.717) is 41.2 Å². The number of hydrogen-bond donors (Lipinski definition) is 1. The Morgan fingerprint density at radius 3 is 2.54 bits per heavy atom. The summed E-state index contributed by atoms with van der Waals surface area (Å²) in [5.41, 5.74) is 3.73. The summed E-state index contributed by atoms with van der Waals surface area (Å²) in [5.74, 6) is 0.588. The number of benzene rings is 3. The molecule has 1 aromatic heterocycles. The summed E-state index contributed by atoms with van der Waals surface area (Å²) in [5, 5.41) is 14.9. The highest BCUT2D eigenvalue weighted by Crippen LogP contribution is 2.49. The van der Waals surface area contributed by atoms with Crippen LogP contribution in [0.15, 0.2) is 107 Å². The quantitative estimate of drug-likeness (QED) is 0.209. The number of nitrogens with one attached hydrogen (secondary N) is 1. The molecule has 4 aromatic rings. The molecule has 8 nitrogen and oxygen atoms in total. The second-order valence-corrected chi connectivity index (χ2v) is 11.3. The van der Waals surface area contributed by atoms with E-state index in [1.54, 1.807) is 29.2 Å². The number of hydrogen-bond acceptors (Lipinski definition) is 6. The van der Waals surface area contributed by atoms with Crippen LogP contribution < -0.4 is 10.2 Å². The Labute approximate surface area is 237 Å². The fourth-order valence-electron chi connectivity index (χ4n) is 5.81. The lowest BCUT2D eigenvalue weighted by atomic mass is 9.74. The second-order valence-electron chi connectivity index (χ2n) is 11.3. The minimum absolute atomic E-state index is 0.0487. The molecule has 1 atom stereocenters. The molecular weight excluding hydrogens is 518 g/mol. The molecule has 206 valence electrons. The Morgan fingerprint density at radius 1 is 1.00 bits per heavy atom. The molecule has 1 aliphatic carbocycles. The zero-order valence-corrected chi connectivity index (χ0v) is 22.8. The van der Waals surface area contributed by atoms with Crippen LogP contribution in [0, 0.1) is 15.5 Å². The lowest BCUT2D eigenvalue weighted by Gasteiger charge is -2.36. The summed E-state index contributed by atoms with van der Waals surface area (Å²) in [6.45, 7) is 4.13. The van der Waals surface area contributed by atoms with Crippen molar-refractivity contribution in [3.8, 4) is 11.3 Å². The maximum absolute atomic E-state index is 14.2. The number of furan rings is 1. The number of rotatable bonds is 5. The van der Waals surface area contributed by atoms with Crippen LogP contribution in [0.2, 0.25) is 0 Å². The van der Waals surface area contributed by atoms with Crippen molar-refractivity contribution in [2.75, 3.05) is 10.2 Å². The van der Waals surface area contributed by atoms with Crippen LogP contribution in [0.25, 0.3) is 11.3 Å². The fourth-order valence-corrected chi connectivity index (χ4v) is 5.81. The Kier molecular flexibility index (Phi) is 6.53. The van der Waals surface area contributed by atoms with E-state index in [2.05, 4.69) is 19.2 Å². The Hall–Kier alpha value is -4.98. The van der Waals surface area contributed by atoms with Crippen molar-refractivity contribution >= 4 is 28.8 Å². The number of para-hydroxylation sites is 2. The van der Waals surface area contributed by atoms with E-state index < -0.39 is 11.0 Å². The fraction of sp³-hybridized carbons (Fsp3) is 0.212. The molecule has 1 amide bonds. The third-order valence-corrected chi connectivity index (χ3v) is 7.61. The number of nitro benzene ring substituents is 1. The van der Waals surface area contributed by atoms with Crippen LogP contribution >= 0.6 is 0 Å². The average molecular weight is 548 g/mol. The van der Waals surface area contributed by atoms with Gasteiger partial charge in [0, 0.05) is 35.4 Å². The van der Waals surface area contributed by atoms with Crippen molar-refractivity contribution < 1.29 is 18.9 Å². The van der Waals surface area contributed by atoms with Crippen molar-refractivity contribution in [1.82, 2.24) is 0 Å². The molecule has 0 fully saturated rings. The van der Waals surface area contributed by atoms with E-state index in [4.69, 9.17) is 4.42 Å². The molecule has 1 aliphatic heterocycles. The van der Waals surface area contributed by atoms with E-state index in [1.807, 2.05) is 54.6 Å². The largest absolute Gasteiger partial charge is 0.458 e. The molecule has 2 heterocycles. The predicted molar refractivity (Wildman–Crippen MR) is 156 cm³/mol. The van der Waals surface area contributed by atoms with Gasteiger partial charge in [-0.1, -0.05) is 68.4 Å². The molecule has 0 saturated carbocycles. The minimum atomic E-state index is -0.826. The molecule has 0 bridgehead atoms. The smallest absolute Gasteiger partial charge is 0.270 e. The number of nitrogens with zero attached hydrogens (tertiary/aromatic N) is 2. The zero-order chi connectivity index (χ0) is 28.7. The first kappa shape index (κ1) is 26.3. The minimum Gasteiger partial charge on any atom is -0.458 e. The number of Topliss-reactive ketones (excluding diaryl/α,β-unsaturated/α-hetero) is 1. The molecule has 1 N–H and O–H groups in total. The second kappa shape index (κ2) is 10.2. The predicted octanol–water partition coefficient (Wildman–Crippen LogP) is 7.24. The van der Waals surface area contributed by atoms with Gasteiger partial charge in [-0.2, -0.15) is 0 Å². The Morgan fingerprint density at radius 2 is 1.76 bits per heavy atom. The van der Waals surface area contributed by atoms with Gasteiger partial charge in [-0.3, -0.25) is 24.6 Å². The first-order chi connectivity index (χ1) is 19.7. The molecular formula is C33H29N3O5. The van der Waals surface area contributed by atoms with Crippen LogP contribution in [0.3, 0.4) is 0 Å². The van der Waals surface area contributed by atoms with Crippen molar-refractivity contribution in [1.29, 1.82) is 0 Å². The number of amides is 1. The average Bonchev–Trinajstić information content (AvgIpc) is 3.37. The maximum atomic E-state index is 14.2. The molecule has 1 unspecified atom stereocenters. The Balaban J connectivity index is 1.53. The standard InChI is InChI=1S/C33H29N3O5/c1-33(2)19-25-31(27(37)20-33)32(29-16-15-28(41-29)22-11-8-12-23(18-22)36(39)40)35(26-14-7-6-13-24(26)34-25)30(38)17-21-9-4-3-5-10-21/h3-16,18,32,34H,17,19-20H2,1-2H3.